The molecular formula is C11H9BrN2O2S. The van der Waals surface area contributed by atoms with Crippen molar-refractivity contribution in [1.29, 1.82) is 0 Å². The first kappa shape index (κ1) is 12.1. The van der Waals surface area contributed by atoms with Crippen molar-refractivity contribution in [1.82, 2.24) is 0 Å². The molecule has 0 aliphatic carbocycles. The van der Waals surface area contributed by atoms with Gasteiger partial charge in [-0.15, -0.1) is 0 Å². The van der Waals surface area contributed by atoms with Crippen LogP contribution < -0.4 is 5.32 Å². The van der Waals surface area contributed by atoms with Crippen LogP contribution in [0.2, 0.25) is 0 Å². The number of hydrogen-bond acceptors (Lipinski definition) is 4. The van der Waals surface area contributed by atoms with Crippen molar-refractivity contribution in [2.24, 2.45) is 0 Å². The molecule has 0 bridgehead atoms. The predicted molar refractivity (Wildman–Crippen MR) is 72.4 cm³/mol. The van der Waals surface area contributed by atoms with Crippen molar-refractivity contribution in [3.63, 3.8) is 0 Å². The highest BCUT2D eigenvalue weighted by molar-refractivity contribution is 9.10. The fraction of sp³-hybridized carbons (Fsp3) is 0.0909. The van der Waals surface area contributed by atoms with Gasteiger partial charge in [-0.3, -0.25) is 10.1 Å². The van der Waals surface area contributed by atoms with Crippen LogP contribution in [-0.2, 0) is 6.54 Å². The Morgan fingerprint density at radius 2 is 2.24 bits per heavy atom. The van der Waals surface area contributed by atoms with Crippen LogP contribution in [0.5, 0.6) is 0 Å². The number of benzene rings is 1. The third-order valence-corrected chi connectivity index (χ3v) is 3.42. The molecule has 0 spiro atoms. The Labute approximate surface area is 111 Å². The van der Waals surface area contributed by atoms with E-state index in [1.165, 1.54) is 6.07 Å². The first-order chi connectivity index (χ1) is 8.16. The molecule has 1 aromatic carbocycles. The minimum Gasteiger partial charge on any atom is -0.380 e. The van der Waals surface area contributed by atoms with Gasteiger partial charge in [-0.1, -0.05) is 15.9 Å². The summed E-state index contributed by atoms with van der Waals surface area (Å²) in [6.45, 7) is 0.445. The zero-order valence-corrected chi connectivity index (χ0v) is 11.1. The highest BCUT2D eigenvalue weighted by Crippen LogP contribution is 2.24. The minimum absolute atomic E-state index is 0.127. The summed E-state index contributed by atoms with van der Waals surface area (Å²) in [7, 11) is 0. The van der Waals surface area contributed by atoms with Gasteiger partial charge in [-0.2, -0.15) is 11.3 Å². The first-order valence-electron chi connectivity index (χ1n) is 4.85. The Balaban J connectivity index is 2.17. The molecule has 1 heterocycles. The van der Waals surface area contributed by atoms with Gasteiger partial charge in [-0.05, 0) is 23.6 Å². The minimum atomic E-state index is -0.366. The fourth-order valence-corrected chi connectivity index (χ4v) is 2.38. The van der Waals surface area contributed by atoms with Crippen LogP contribution in [0, 0.1) is 10.1 Å². The van der Waals surface area contributed by atoms with Crippen molar-refractivity contribution < 1.29 is 4.92 Å². The van der Waals surface area contributed by atoms with Gasteiger partial charge >= 0.3 is 0 Å². The molecule has 0 radical (unpaired) electrons. The van der Waals surface area contributed by atoms with E-state index in [2.05, 4.69) is 21.2 Å². The summed E-state index contributed by atoms with van der Waals surface area (Å²) >= 11 is 4.82. The number of rotatable bonds is 4. The molecule has 0 saturated heterocycles. The molecular weight excluding hydrogens is 304 g/mol. The molecule has 2 aromatic rings. The van der Waals surface area contributed by atoms with Crippen molar-refractivity contribution in [3.05, 3.63) is 55.2 Å². The maximum atomic E-state index is 10.9. The Bertz CT molecular complexity index is 528. The zero-order valence-electron chi connectivity index (χ0n) is 8.72. The molecule has 2 rings (SSSR count). The Hall–Kier alpha value is -1.40. The summed E-state index contributed by atoms with van der Waals surface area (Å²) in [4.78, 5) is 10.5. The van der Waals surface area contributed by atoms with Crippen LogP contribution in [0.4, 0.5) is 11.4 Å². The normalized spacial score (nSPS) is 10.2. The third-order valence-electron chi connectivity index (χ3n) is 2.25. The van der Waals surface area contributed by atoms with E-state index in [0.29, 0.717) is 16.6 Å². The second-order valence-electron chi connectivity index (χ2n) is 3.40. The molecule has 0 aliphatic heterocycles. The van der Waals surface area contributed by atoms with Crippen LogP contribution in [0.1, 0.15) is 5.56 Å². The molecule has 0 unspecified atom stereocenters. The lowest BCUT2D eigenvalue weighted by atomic mass is 10.2. The van der Waals surface area contributed by atoms with Crippen molar-refractivity contribution in [2.45, 2.75) is 6.54 Å². The molecule has 1 aromatic heterocycles. The van der Waals surface area contributed by atoms with Crippen molar-refractivity contribution in [2.75, 3.05) is 5.32 Å². The number of nitrogens with zero attached hydrogens (tertiary/aromatic N) is 1. The van der Waals surface area contributed by atoms with E-state index in [9.17, 15) is 10.1 Å². The first-order valence-corrected chi connectivity index (χ1v) is 6.59. The Morgan fingerprint density at radius 1 is 1.41 bits per heavy atom. The lowest BCUT2D eigenvalue weighted by molar-refractivity contribution is -0.385. The average Bonchev–Trinajstić information content (AvgIpc) is 2.80. The van der Waals surface area contributed by atoms with Gasteiger partial charge in [0.05, 0.1) is 4.92 Å². The molecule has 0 fully saturated rings. The maximum absolute atomic E-state index is 10.9. The topological polar surface area (TPSA) is 55.2 Å². The quantitative estimate of drug-likeness (QED) is 0.685. The molecule has 6 heteroatoms. The van der Waals surface area contributed by atoms with E-state index < -0.39 is 0 Å². The zero-order chi connectivity index (χ0) is 12.3. The lowest BCUT2D eigenvalue weighted by Crippen LogP contribution is -2.02. The second-order valence-corrected chi connectivity index (χ2v) is 5.09. The third kappa shape index (κ3) is 3.04. The summed E-state index contributed by atoms with van der Waals surface area (Å²) in [6.07, 6.45) is 0. The number of nitro benzene ring substituents is 1. The van der Waals surface area contributed by atoms with Crippen molar-refractivity contribution >= 4 is 38.6 Å². The lowest BCUT2D eigenvalue weighted by Gasteiger charge is -2.05. The largest absolute Gasteiger partial charge is 0.380 e. The van der Waals surface area contributed by atoms with Crippen LogP contribution in [0.3, 0.4) is 0 Å². The van der Waals surface area contributed by atoms with Gasteiger partial charge in [0.1, 0.15) is 0 Å². The number of nitrogens with one attached hydrogen (secondary N) is 1. The van der Waals surface area contributed by atoms with E-state index in [-0.39, 0.29) is 10.6 Å². The van der Waals surface area contributed by atoms with Crippen LogP contribution >= 0.6 is 27.3 Å². The van der Waals surface area contributed by atoms with Crippen molar-refractivity contribution in [3.8, 4) is 0 Å². The number of anilines is 1. The predicted octanol–water partition coefficient (Wildman–Crippen LogP) is 4.03. The maximum Gasteiger partial charge on any atom is 0.275 e. The molecule has 1 N–H and O–H groups in total. The van der Waals surface area contributed by atoms with E-state index in [4.69, 9.17) is 0 Å². The van der Waals surface area contributed by atoms with Gasteiger partial charge in [0.2, 0.25) is 0 Å². The second kappa shape index (κ2) is 5.29. The van der Waals surface area contributed by atoms with Gasteiger partial charge < -0.3 is 5.32 Å². The average molecular weight is 313 g/mol. The molecule has 0 aliphatic rings. The summed E-state index contributed by atoms with van der Waals surface area (Å²) in [5, 5.41) is 18.0. The molecule has 0 amide bonds. The van der Waals surface area contributed by atoms with E-state index >= 15 is 0 Å². The monoisotopic (exact) mass is 312 g/mol. The SMILES string of the molecule is O=[N+]([O-])c1cc(Br)ccc1CNc1ccsc1. The molecule has 0 saturated carbocycles. The van der Waals surface area contributed by atoms with Crippen LogP contribution in [-0.4, -0.2) is 4.92 Å². The number of nitro groups is 1. The van der Waals surface area contributed by atoms with Crippen LogP contribution in [0.25, 0.3) is 0 Å². The molecule has 88 valence electrons. The summed E-state index contributed by atoms with van der Waals surface area (Å²) in [5.74, 6) is 0. The highest BCUT2D eigenvalue weighted by Gasteiger charge is 2.13. The Kier molecular flexibility index (Phi) is 3.75. The van der Waals surface area contributed by atoms with Gasteiger partial charge in [0, 0.05) is 33.7 Å². The van der Waals surface area contributed by atoms with Gasteiger partial charge in [0.25, 0.3) is 5.69 Å². The summed E-state index contributed by atoms with van der Waals surface area (Å²) in [5.41, 5.74) is 1.78. The number of hydrogen-bond donors (Lipinski definition) is 1. The number of thiophene rings is 1. The summed E-state index contributed by atoms with van der Waals surface area (Å²) < 4.78 is 0.712. The number of halogens is 1. The van der Waals surface area contributed by atoms with E-state index in [0.717, 1.165) is 5.69 Å². The Morgan fingerprint density at radius 3 is 2.88 bits per heavy atom. The van der Waals surface area contributed by atoms with Gasteiger partial charge in [-0.25, -0.2) is 0 Å². The smallest absolute Gasteiger partial charge is 0.275 e. The van der Waals surface area contributed by atoms with E-state index in [1.807, 2.05) is 16.8 Å². The highest BCUT2D eigenvalue weighted by atomic mass is 79.9. The van der Waals surface area contributed by atoms with Crippen LogP contribution in [0.15, 0.2) is 39.5 Å². The molecule has 17 heavy (non-hydrogen) atoms. The van der Waals surface area contributed by atoms with Gasteiger partial charge in [0.15, 0.2) is 0 Å². The summed E-state index contributed by atoms with van der Waals surface area (Å²) in [6, 6.07) is 7.01. The molecule has 0 atom stereocenters. The molecule has 4 nitrogen and oxygen atoms in total. The van der Waals surface area contributed by atoms with E-state index in [1.54, 1.807) is 23.5 Å². The standard InChI is InChI=1S/C11H9BrN2O2S/c12-9-2-1-8(11(5-9)14(15)16)6-13-10-3-4-17-7-10/h1-5,7,13H,6H2. The fourth-order valence-electron chi connectivity index (χ4n) is 1.42.